The van der Waals surface area contributed by atoms with Gasteiger partial charge in [0.2, 0.25) is 0 Å². The van der Waals surface area contributed by atoms with E-state index in [-0.39, 0.29) is 5.78 Å². The van der Waals surface area contributed by atoms with Crippen molar-refractivity contribution in [3.05, 3.63) is 29.3 Å². The third-order valence-electron chi connectivity index (χ3n) is 2.52. The zero-order valence-electron chi connectivity index (χ0n) is 9.67. The molecule has 0 fully saturated rings. The molecule has 0 aliphatic rings. The number of carbonyl (C=O) groups is 1. The lowest BCUT2D eigenvalue weighted by molar-refractivity contribution is -0.119. The predicted molar refractivity (Wildman–Crippen MR) is 61.3 cm³/mol. The van der Waals surface area contributed by atoms with E-state index in [1.165, 1.54) is 11.1 Å². The van der Waals surface area contributed by atoms with E-state index < -0.39 is 0 Å². The van der Waals surface area contributed by atoms with Crippen molar-refractivity contribution < 1.29 is 9.53 Å². The summed E-state index contributed by atoms with van der Waals surface area (Å²) in [6.45, 7) is 6.48. The summed E-state index contributed by atoms with van der Waals surface area (Å²) in [6.07, 6.45) is 1.10. The summed E-state index contributed by atoms with van der Waals surface area (Å²) in [7, 11) is 0. The molecule has 0 bridgehead atoms. The lowest BCUT2D eigenvalue weighted by Crippen LogP contribution is -2.05. The van der Waals surface area contributed by atoms with E-state index in [0.29, 0.717) is 19.4 Å². The highest BCUT2D eigenvalue weighted by atomic mass is 16.5. The van der Waals surface area contributed by atoms with Crippen LogP contribution in [-0.2, 0) is 4.79 Å². The number of hydrogen-bond donors (Lipinski definition) is 0. The van der Waals surface area contributed by atoms with Crippen molar-refractivity contribution in [2.75, 3.05) is 6.61 Å². The minimum absolute atomic E-state index is 0.249. The van der Waals surface area contributed by atoms with E-state index in [2.05, 4.69) is 13.8 Å². The molecular formula is C13H18O2. The standard InChI is InChI=1S/C13H18O2/c1-4-12(14)7-8-15-13-6-5-10(2)11(3)9-13/h5-6,9H,4,7-8H2,1-3H3. The van der Waals surface area contributed by atoms with Crippen LogP contribution in [0.15, 0.2) is 18.2 Å². The molecule has 0 unspecified atom stereocenters. The number of rotatable bonds is 5. The first-order chi connectivity index (χ1) is 7.13. The molecule has 15 heavy (non-hydrogen) atoms. The van der Waals surface area contributed by atoms with Crippen LogP contribution in [0.25, 0.3) is 0 Å². The summed E-state index contributed by atoms with van der Waals surface area (Å²) in [4.78, 5) is 11.0. The quantitative estimate of drug-likeness (QED) is 0.740. The molecule has 1 aromatic rings. The maximum atomic E-state index is 11.0. The van der Waals surface area contributed by atoms with Gasteiger partial charge in [-0.15, -0.1) is 0 Å². The largest absolute Gasteiger partial charge is 0.493 e. The van der Waals surface area contributed by atoms with Crippen molar-refractivity contribution in [3.63, 3.8) is 0 Å². The van der Waals surface area contributed by atoms with Gasteiger partial charge in [-0.2, -0.15) is 0 Å². The highest BCUT2D eigenvalue weighted by Crippen LogP contribution is 2.16. The van der Waals surface area contributed by atoms with Gasteiger partial charge in [-0.3, -0.25) is 4.79 Å². The van der Waals surface area contributed by atoms with E-state index in [1.807, 2.05) is 25.1 Å². The average molecular weight is 206 g/mol. The Morgan fingerprint density at radius 3 is 2.60 bits per heavy atom. The topological polar surface area (TPSA) is 26.3 Å². The number of ketones is 1. The highest BCUT2D eigenvalue weighted by molar-refractivity contribution is 5.78. The fraction of sp³-hybridized carbons (Fsp3) is 0.462. The molecule has 0 aliphatic heterocycles. The summed E-state index contributed by atoms with van der Waals surface area (Å²) in [5.41, 5.74) is 2.47. The Kier molecular flexibility index (Phi) is 4.35. The fourth-order valence-corrected chi connectivity index (χ4v) is 1.26. The maximum absolute atomic E-state index is 11.0. The van der Waals surface area contributed by atoms with Crippen molar-refractivity contribution in [1.82, 2.24) is 0 Å². The van der Waals surface area contributed by atoms with Gasteiger partial charge in [0.15, 0.2) is 0 Å². The third-order valence-corrected chi connectivity index (χ3v) is 2.52. The first-order valence-corrected chi connectivity index (χ1v) is 5.35. The second-order valence-electron chi connectivity index (χ2n) is 3.74. The van der Waals surface area contributed by atoms with Crippen LogP contribution in [0.1, 0.15) is 30.9 Å². The molecule has 2 nitrogen and oxygen atoms in total. The van der Waals surface area contributed by atoms with Gasteiger partial charge in [0, 0.05) is 12.8 Å². The second kappa shape index (κ2) is 5.54. The summed E-state index contributed by atoms with van der Waals surface area (Å²) in [6, 6.07) is 5.98. The van der Waals surface area contributed by atoms with Crippen molar-refractivity contribution in [2.24, 2.45) is 0 Å². The summed E-state index contributed by atoms with van der Waals surface area (Å²) < 4.78 is 5.49. The van der Waals surface area contributed by atoms with Crippen LogP contribution in [-0.4, -0.2) is 12.4 Å². The first-order valence-electron chi connectivity index (χ1n) is 5.35. The van der Waals surface area contributed by atoms with Crippen molar-refractivity contribution in [2.45, 2.75) is 33.6 Å². The molecule has 1 rings (SSSR count). The predicted octanol–water partition coefficient (Wildman–Crippen LogP) is 3.05. The van der Waals surface area contributed by atoms with E-state index in [9.17, 15) is 4.79 Å². The lowest BCUT2D eigenvalue weighted by Gasteiger charge is -2.07. The van der Waals surface area contributed by atoms with Gasteiger partial charge in [-0.05, 0) is 37.1 Å². The number of ether oxygens (including phenoxy) is 1. The van der Waals surface area contributed by atoms with E-state index in [4.69, 9.17) is 4.74 Å². The normalized spacial score (nSPS) is 10.1. The molecule has 0 atom stereocenters. The Bertz CT molecular complexity index is 342. The molecule has 0 spiro atoms. The minimum Gasteiger partial charge on any atom is -0.493 e. The monoisotopic (exact) mass is 206 g/mol. The van der Waals surface area contributed by atoms with Crippen molar-refractivity contribution in [3.8, 4) is 5.75 Å². The Morgan fingerprint density at radius 2 is 2.00 bits per heavy atom. The van der Waals surface area contributed by atoms with Crippen LogP contribution < -0.4 is 4.74 Å². The molecule has 0 saturated carbocycles. The summed E-state index contributed by atoms with van der Waals surface area (Å²) in [5.74, 6) is 1.10. The van der Waals surface area contributed by atoms with E-state index >= 15 is 0 Å². The van der Waals surface area contributed by atoms with Gasteiger partial charge in [0.05, 0.1) is 6.61 Å². The zero-order valence-corrected chi connectivity index (χ0v) is 9.67. The van der Waals surface area contributed by atoms with Gasteiger partial charge >= 0.3 is 0 Å². The maximum Gasteiger partial charge on any atom is 0.136 e. The molecule has 0 aromatic heterocycles. The van der Waals surface area contributed by atoms with E-state index in [0.717, 1.165) is 5.75 Å². The van der Waals surface area contributed by atoms with Crippen LogP contribution in [0.3, 0.4) is 0 Å². The van der Waals surface area contributed by atoms with Gasteiger partial charge in [0.1, 0.15) is 11.5 Å². The Balaban J connectivity index is 2.44. The van der Waals surface area contributed by atoms with Crippen molar-refractivity contribution >= 4 is 5.78 Å². The van der Waals surface area contributed by atoms with Crippen LogP contribution >= 0.6 is 0 Å². The van der Waals surface area contributed by atoms with Crippen LogP contribution in [0.2, 0.25) is 0 Å². The van der Waals surface area contributed by atoms with Gasteiger partial charge in [0.25, 0.3) is 0 Å². The molecule has 0 N–H and O–H groups in total. The Hall–Kier alpha value is -1.31. The smallest absolute Gasteiger partial charge is 0.136 e. The molecule has 0 saturated heterocycles. The highest BCUT2D eigenvalue weighted by Gasteiger charge is 2.00. The summed E-state index contributed by atoms with van der Waals surface area (Å²) >= 11 is 0. The zero-order chi connectivity index (χ0) is 11.3. The number of aryl methyl sites for hydroxylation is 2. The minimum atomic E-state index is 0.249. The average Bonchev–Trinajstić information content (AvgIpc) is 2.23. The van der Waals surface area contributed by atoms with Crippen LogP contribution in [0.5, 0.6) is 5.75 Å². The van der Waals surface area contributed by atoms with Crippen LogP contribution in [0, 0.1) is 13.8 Å². The second-order valence-corrected chi connectivity index (χ2v) is 3.74. The molecule has 1 aromatic carbocycles. The molecular weight excluding hydrogens is 188 g/mol. The number of hydrogen-bond acceptors (Lipinski definition) is 2. The molecule has 2 heteroatoms. The van der Waals surface area contributed by atoms with Gasteiger partial charge < -0.3 is 4.74 Å². The fourth-order valence-electron chi connectivity index (χ4n) is 1.26. The van der Waals surface area contributed by atoms with Crippen LogP contribution in [0.4, 0.5) is 0 Å². The molecule has 0 amide bonds. The third kappa shape index (κ3) is 3.74. The first kappa shape index (κ1) is 11.8. The lowest BCUT2D eigenvalue weighted by atomic mass is 10.1. The van der Waals surface area contributed by atoms with E-state index in [1.54, 1.807) is 0 Å². The SMILES string of the molecule is CCC(=O)CCOc1ccc(C)c(C)c1. The molecule has 0 heterocycles. The Morgan fingerprint density at radius 1 is 1.27 bits per heavy atom. The summed E-state index contributed by atoms with van der Waals surface area (Å²) in [5, 5.41) is 0. The molecule has 0 aliphatic carbocycles. The van der Waals surface area contributed by atoms with Gasteiger partial charge in [-0.1, -0.05) is 13.0 Å². The van der Waals surface area contributed by atoms with Gasteiger partial charge in [-0.25, -0.2) is 0 Å². The Labute approximate surface area is 91.3 Å². The number of benzene rings is 1. The molecule has 82 valence electrons. The molecule has 0 radical (unpaired) electrons. The number of carbonyl (C=O) groups excluding carboxylic acids is 1. The van der Waals surface area contributed by atoms with Crippen molar-refractivity contribution in [1.29, 1.82) is 0 Å². The number of Topliss-reactive ketones (excluding diaryl/α,β-unsaturated/α-hetero) is 1.